The van der Waals surface area contributed by atoms with E-state index in [0.29, 0.717) is 32.4 Å². The Balaban J connectivity index is 1.78. The van der Waals surface area contributed by atoms with Crippen molar-refractivity contribution >= 4 is 0 Å². The molecule has 0 spiro atoms. The van der Waals surface area contributed by atoms with Crippen molar-refractivity contribution in [2.75, 3.05) is 26.2 Å². The van der Waals surface area contributed by atoms with Crippen LogP contribution in [0.15, 0.2) is 0 Å². The van der Waals surface area contributed by atoms with Crippen molar-refractivity contribution in [3.05, 3.63) is 0 Å². The summed E-state index contributed by atoms with van der Waals surface area (Å²) in [5, 5.41) is 55.0. The fourth-order valence-electron chi connectivity index (χ4n) is 5.10. The van der Waals surface area contributed by atoms with Gasteiger partial charge in [-0.05, 0) is 32.2 Å². The van der Waals surface area contributed by atoms with E-state index < -0.39 is 86.1 Å². The van der Waals surface area contributed by atoms with E-state index in [1.807, 2.05) is 0 Å². The standard InChI is InChI=1S/C22H46N6O9/c23-4-3-9(30)7-28-13-5-12(26)19(36-21-11(25)2-1-10(6-24)34-21)18(33)20(13)37-22-17(32)15(27)16(31)14(8-29)35-22/h9-22,28-33H,1-8,23-27H2/t9-,10-,11+,12-,13+,14+,15-,16+,17+,18-,19+,20-,21+,22+/m0/s1. The van der Waals surface area contributed by atoms with Gasteiger partial charge in [0.05, 0.1) is 30.9 Å². The number of aliphatic hydroxyl groups excluding tert-OH is 5. The number of ether oxygens (including phenoxy) is 4. The molecule has 15 nitrogen and oxygen atoms in total. The van der Waals surface area contributed by atoms with Gasteiger partial charge in [-0.2, -0.15) is 0 Å². The van der Waals surface area contributed by atoms with Gasteiger partial charge in [0.1, 0.15) is 36.6 Å². The fraction of sp³-hybridized carbons (Fsp3) is 1.00. The lowest BCUT2D eigenvalue weighted by Crippen LogP contribution is -2.68. The van der Waals surface area contributed by atoms with Gasteiger partial charge in [0, 0.05) is 25.2 Å². The predicted octanol–water partition coefficient (Wildman–Crippen LogP) is -5.93. The van der Waals surface area contributed by atoms with E-state index in [2.05, 4.69) is 5.32 Å². The molecule has 16 N–H and O–H groups in total. The number of hydrogen-bond acceptors (Lipinski definition) is 15. The lowest BCUT2D eigenvalue weighted by atomic mass is 9.83. The van der Waals surface area contributed by atoms with Crippen molar-refractivity contribution in [1.29, 1.82) is 0 Å². The molecular formula is C22H46N6O9. The van der Waals surface area contributed by atoms with Crippen LogP contribution in [0, 0.1) is 0 Å². The SMILES string of the molecule is NCC[C@H](O)CN[C@@H]1C[C@H](N)[C@@H](O[C@H]2O[C@H](CN)CC[C@H]2N)[C@H](O)[C@H]1O[C@H]1O[C@H](CO)[C@@H](O)[C@H](N)[C@H]1O. The van der Waals surface area contributed by atoms with Gasteiger partial charge in [-0.25, -0.2) is 0 Å². The Hall–Kier alpha value is -0.600. The zero-order chi connectivity index (χ0) is 27.3. The van der Waals surface area contributed by atoms with Crippen LogP contribution in [-0.2, 0) is 18.9 Å². The first-order chi connectivity index (χ1) is 17.6. The highest BCUT2D eigenvalue weighted by molar-refractivity contribution is 5.02. The zero-order valence-electron chi connectivity index (χ0n) is 21.0. The van der Waals surface area contributed by atoms with Gasteiger partial charge in [0.15, 0.2) is 12.6 Å². The third-order valence-electron chi connectivity index (χ3n) is 7.41. The van der Waals surface area contributed by atoms with E-state index in [-0.39, 0.29) is 19.1 Å². The van der Waals surface area contributed by atoms with E-state index >= 15 is 0 Å². The number of hydrogen-bond donors (Lipinski definition) is 11. The molecule has 0 aromatic rings. The highest BCUT2D eigenvalue weighted by atomic mass is 16.7. The number of rotatable bonds is 11. The molecule has 0 aromatic heterocycles. The normalized spacial score (nSPS) is 46.1. The summed E-state index contributed by atoms with van der Waals surface area (Å²) >= 11 is 0. The second-order valence-electron chi connectivity index (χ2n) is 10.2. The minimum atomic E-state index is -1.45. The molecule has 37 heavy (non-hydrogen) atoms. The first kappa shape index (κ1) is 30.9. The Kier molecular flexibility index (Phi) is 11.8. The Morgan fingerprint density at radius 1 is 0.892 bits per heavy atom. The van der Waals surface area contributed by atoms with Gasteiger partial charge >= 0.3 is 0 Å². The van der Waals surface area contributed by atoms with Gasteiger partial charge in [-0.15, -0.1) is 0 Å². The molecular weight excluding hydrogens is 492 g/mol. The summed E-state index contributed by atoms with van der Waals surface area (Å²) in [7, 11) is 0. The van der Waals surface area contributed by atoms with E-state index in [4.69, 9.17) is 47.6 Å². The van der Waals surface area contributed by atoms with Gasteiger partial charge in [0.25, 0.3) is 0 Å². The molecule has 14 atom stereocenters. The van der Waals surface area contributed by atoms with Crippen molar-refractivity contribution in [1.82, 2.24) is 5.32 Å². The monoisotopic (exact) mass is 538 g/mol. The van der Waals surface area contributed by atoms with Crippen molar-refractivity contribution < 1.29 is 44.5 Å². The van der Waals surface area contributed by atoms with Crippen LogP contribution < -0.4 is 34.0 Å². The zero-order valence-corrected chi connectivity index (χ0v) is 21.0. The largest absolute Gasteiger partial charge is 0.394 e. The Labute approximate surface area is 216 Å². The molecule has 3 fully saturated rings. The minimum Gasteiger partial charge on any atom is -0.394 e. The quantitative estimate of drug-likeness (QED) is 0.117. The summed E-state index contributed by atoms with van der Waals surface area (Å²) < 4.78 is 23.5. The van der Waals surface area contributed by atoms with Gasteiger partial charge < -0.3 is 78.5 Å². The summed E-state index contributed by atoms with van der Waals surface area (Å²) in [6.45, 7) is 0.177. The predicted molar refractivity (Wildman–Crippen MR) is 130 cm³/mol. The van der Waals surface area contributed by atoms with Crippen LogP contribution >= 0.6 is 0 Å². The first-order valence-corrected chi connectivity index (χ1v) is 13.0. The van der Waals surface area contributed by atoms with Gasteiger partial charge in [-0.3, -0.25) is 0 Å². The summed E-state index contributed by atoms with van der Waals surface area (Å²) in [6.07, 6.45) is -8.49. The molecule has 2 heterocycles. The van der Waals surface area contributed by atoms with Gasteiger partial charge in [-0.1, -0.05) is 0 Å². The summed E-state index contributed by atoms with van der Waals surface area (Å²) in [6, 6.07) is -2.87. The van der Waals surface area contributed by atoms with Crippen LogP contribution in [-0.4, -0.2) is 137 Å². The topological polar surface area (TPSA) is 280 Å². The summed E-state index contributed by atoms with van der Waals surface area (Å²) in [4.78, 5) is 0. The molecule has 3 aliphatic rings. The molecule has 0 unspecified atom stereocenters. The average molecular weight is 539 g/mol. The van der Waals surface area contributed by atoms with E-state index in [1.54, 1.807) is 0 Å². The molecule has 15 heteroatoms. The summed E-state index contributed by atoms with van der Waals surface area (Å²) in [5.41, 5.74) is 29.8. The van der Waals surface area contributed by atoms with E-state index in [1.165, 1.54) is 0 Å². The molecule has 2 aliphatic heterocycles. The highest BCUT2D eigenvalue weighted by Gasteiger charge is 2.50. The molecule has 1 saturated carbocycles. The first-order valence-electron chi connectivity index (χ1n) is 13.0. The molecule has 0 bridgehead atoms. The molecule has 3 rings (SSSR count). The van der Waals surface area contributed by atoms with Crippen LogP contribution in [0.5, 0.6) is 0 Å². The maximum atomic E-state index is 11.4. The third-order valence-corrected chi connectivity index (χ3v) is 7.41. The third kappa shape index (κ3) is 7.53. The molecule has 1 aliphatic carbocycles. The van der Waals surface area contributed by atoms with Crippen molar-refractivity contribution in [2.45, 2.75) is 111 Å². The number of nitrogens with one attached hydrogen (secondary N) is 1. The van der Waals surface area contributed by atoms with Crippen LogP contribution in [0.1, 0.15) is 25.7 Å². The lowest BCUT2D eigenvalue weighted by molar-refractivity contribution is -0.314. The molecule has 0 radical (unpaired) electrons. The molecule has 218 valence electrons. The van der Waals surface area contributed by atoms with Gasteiger partial charge in [0.2, 0.25) is 0 Å². The van der Waals surface area contributed by atoms with Crippen LogP contribution in [0.25, 0.3) is 0 Å². The minimum absolute atomic E-state index is 0.146. The smallest absolute Gasteiger partial charge is 0.186 e. The molecule has 2 saturated heterocycles. The second-order valence-corrected chi connectivity index (χ2v) is 10.2. The average Bonchev–Trinajstić information content (AvgIpc) is 2.88. The van der Waals surface area contributed by atoms with Crippen LogP contribution in [0.2, 0.25) is 0 Å². The lowest BCUT2D eigenvalue weighted by Gasteiger charge is -2.48. The second kappa shape index (κ2) is 14.2. The summed E-state index contributed by atoms with van der Waals surface area (Å²) in [5.74, 6) is 0. The van der Waals surface area contributed by atoms with Crippen LogP contribution in [0.4, 0.5) is 0 Å². The van der Waals surface area contributed by atoms with Crippen molar-refractivity contribution in [3.63, 3.8) is 0 Å². The van der Waals surface area contributed by atoms with Crippen molar-refractivity contribution in [2.24, 2.45) is 28.7 Å². The van der Waals surface area contributed by atoms with E-state index in [0.717, 1.165) is 0 Å². The Morgan fingerprint density at radius 2 is 1.59 bits per heavy atom. The van der Waals surface area contributed by atoms with Crippen LogP contribution in [0.3, 0.4) is 0 Å². The van der Waals surface area contributed by atoms with Crippen molar-refractivity contribution in [3.8, 4) is 0 Å². The Morgan fingerprint density at radius 3 is 2.24 bits per heavy atom. The highest BCUT2D eigenvalue weighted by Crippen LogP contribution is 2.31. The van der Waals surface area contributed by atoms with E-state index in [9.17, 15) is 25.5 Å². The maximum Gasteiger partial charge on any atom is 0.186 e. The molecule has 0 aromatic carbocycles. The maximum absolute atomic E-state index is 11.4. The number of aliphatic hydroxyl groups is 5. The Bertz CT molecular complexity index is 685. The molecule has 0 amide bonds. The fourth-order valence-corrected chi connectivity index (χ4v) is 5.10. The number of nitrogens with two attached hydrogens (primary N) is 5.